The molecule has 0 spiro atoms. The number of hydrogen-bond donors (Lipinski definition) is 1. The molecule has 0 unspecified atom stereocenters. The highest BCUT2D eigenvalue weighted by molar-refractivity contribution is 7.33. The Balaban J connectivity index is 0.811. The smallest absolute Gasteiger partial charge is 0.346 e. The zero-order valence-electron chi connectivity index (χ0n) is 61.0. The molecule has 12 aromatic rings. The minimum atomic E-state index is -1.19. The van der Waals surface area contributed by atoms with Crippen LogP contribution in [0, 0.1) is 11.3 Å². The largest absolute Gasteiger partial charge is 0.477 e. The van der Waals surface area contributed by atoms with Gasteiger partial charge in [-0.2, -0.15) is 5.26 Å². The molecule has 0 aromatic carbocycles. The van der Waals surface area contributed by atoms with Gasteiger partial charge in [0.15, 0.2) is 0 Å². The van der Waals surface area contributed by atoms with Gasteiger partial charge in [-0.25, -0.2) is 4.79 Å². The Morgan fingerprint density at radius 1 is 0.301 bits per heavy atom. The first-order valence-corrected chi connectivity index (χ1v) is 48.1. The number of aryl methyl sites for hydroxylation is 6. The average molecular weight is 1590 g/mol. The van der Waals surface area contributed by atoms with Crippen LogP contribution in [0.2, 0.25) is 0 Å². The summed E-state index contributed by atoms with van der Waals surface area (Å²) < 4.78 is 0. The van der Waals surface area contributed by atoms with E-state index in [4.69, 9.17) is 0 Å². The van der Waals surface area contributed by atoms with E-state index >= 15 is 0 Å². The van der Waals surface area contributed by atoms with Crippen LogP contribution in [0.1, 0.15) is 234 Å². The number of carboxylic acid groups (broad SMARTS) is 1. The van der Waals surface area contributed by atoms with Gasteiger partial charge in [-0.05, 0) is 231 Å². The lowest BCUT2D eigenvalue weighted by molar-refractivity contribution is -0.132. The highest BCUT2D eigenvalue weighted by Gasteiger charge is 2.25. The lowest BCUT2D eigenvalue weighted by atomic mass is 10.0. The van der Waals surface area contributed by atoms with Crippen LogP contribution in [-0.2, 0) is 43.3 Å². The number of unbranched alkanes of at least 4 members (excludes halogenated alkanes) is 18. The van der Waals surface area contributed by atoms with E-state index in [0.29, 0.717) is 0 Å². The molecule has 0 aliphatic carbocycles. The first kappa shape index (κ1) is 77.7. The zero-order chi connectivity index (χ0) is 71.4. The maximum atomic E-state index is 11.9. The van der Waals surface area contributed by atoms with Crippen molar-refractivity contribution in [2.45, 2.75) is 234 Å². The molecule has 0 saturated heterocycles. The molecular weight excluding hydrogens is 1490 g/mol. The molecule has 12 rings (SSSR count). The zero-order valence-corrected chi connectivity index (χ0v) is 70.8. The highest BCUT2D eigenvalue weighted by atomic mass is 32.1. The predicted octanol–water partition coefficient (Wildman–Crippen LogP) is 33.5. The van der Waals surface area contributed by atoms with Gasteiger partial charge >= 0.3 is 5.97 Å². The fourth-order valence-electron chi connectivity index (χ4n) is 13.7. The summed E-state index contributed by atoms with van der Waals surface area (Å²) >= 11 is 23.3. The van der Waals surface area contributed by atoms with E-state index in [1.54, 1.807) is 11.3 Å². The van der Waals surface area contributed by atoms with Gasteiger partial charge in [0.2, 0.25) is 0 Å². The number of carboxylic acids is 1. The van der Waals surface area contributed by atoms with Crippen molar-refractivity contribution in [3.05, 3.63) is 158 Å². The Morgan fingerprint density at radius 2 is 0.553 bits per heavy atom. The van der Waals surface area contributed by atoms with Crippen LogP contribution in [0.25, 0.3) is 113 Å². The lowest BCUT2D eigenvalue weighted by Gasteiger charge is -2.02. The van der Waals surface area contributed by atoms with Crippen LogP contribution in [0.4, 0.5) is 0 Å². The van der Waals surface area contributed by atoms with Gasteiger partial charge < -0.3 is 5.11 Å². The predicted molar refractivity (Wildman–Crippen MR) is 469 cm³/mol. The van der Waals surface area contributed by atoms with E-state index in [-0.39, 0.29) is 5.57 Å². The molecule has 0 bridgehead atoms. The van der Waals surface area contributed by atoms with Gasteiger partial charge in [-0.1, -0.05) is 157 Å². The Hall–Kier alpha value is -4.90. The lowest BCUT2D eigenvalue weighted by Crippen LogP contribution is -1.96. The molecule has 0 amide bonds. The number of rotatable bonds is 43. The van der Waals surface area contributed by atoms with Crippen molar-refractivity contribution in [2.75, 3.05) is 0 Å². The summed E-state index contributed by atoms with van der Waals surface area (Å²) in [6.07, 6.45) is 37.9. The molecular formula is C88H99NO2S12. The molecule has 0 radical (unpaired) electrons. The molecule has 0 aliphatic rings. The summed E-state index contributed by atoms with van der Waals surface area (Å²) in [6, 6.07) is 45.2. The molecule has 540 valence electrons. The second-order valence-electron chi connectivity index (χ2n) is 27.5. The van der Waals surface area contributed by atoms with E-state index in [2.05, 4.69) is 156 Å². The number of hydrogen-bond acceptors (Lipinski definition) is 14. The van der Waals surface area contributed by atoms with E-state index < -0.39 is 5.97 Å². The van der Waals surface area contributed by atoms with Gasteiger partial charge in [-0.3, -0.25) is 0 Å². The molecule has 0 aliphatic heterocycles. The van der Waals surface area contributed by atoms with Crippen molar-refractivity contribution in [3.8, 4) is 113 Å². The molecule has 0 atom stereocenters. The minimum absolute atomic E-state index is 0.230. The fraction of sp³-hybridized carbons (Fsp3) is 0.409. The minimum Gasteiger partial charge on any atom is -0.477 e. The van der Waals surface area contributed by atoms with E-state index in [0.717, 1.165) is 43.4 Å². The van der Waals surface area contributed by atoms with E-state index in [9.17, 15) is 15.2 Å². The van der Waals surface area contributed by atoms with Crippen molar-refractivity contribution < 1.29 is 9.90 Å². The SMILES string of the molecule is CCCCCCc1ccsc1-c1ccc(-c2ccc(-c3sc(-c4cc(CCCCCC)c(-c5ccc(-c6ccc(-c7sc(-c8cc(CCCCCC)c(-c9ccc(-c%10ccc(-c%11sc(/C=C(\C#N)C(=O)O)cc%11CCCCCC)s%10)s9)s8)cc7CCCCCC)s6)s5)s4)cc3CCCCCC)s2)s1. The fourth-order valence-corrected chi connectivity index (χ4v) is 28.0. The number of nitrogens with zero attached hydrogens (tertiary/aromatic N) is 1. The first-order valence-electron chi connectivity index (χ1n) is 38.2. The quantitative estimate of drug-likeness (QED) is 0.0235. The molecule has 0 fully saturated rings. The number of carbonyl (C=O) groups is 1. The van der Waals surface area contributed by atoms with Crippen LogP contribution < -0.4 is 0 Å². The molecule has 15 heteroatoms. The van der Waals surface area contributed by atoms with Crippen LogP contribution in [0.3, 0.4) is 0 Å². The summed E-state index contributed by atoms with van der Waals surface area (Å²) in [5, 5.41) is 21.6. The maximum Gasteiger partial charge on any atom is 0.346 e. The standard InChI is InChI=1S/C88H99NO2S12/c1-7-13-19-25-31-58-49-50-92-82(58)72-43-37-66(94-72)67-39-45-74(96-67)84-60(33-27-21-15-9-3)53-78(100-84)79-55-62(35-29-23-17-11-5)86(102-79)76-47-41-70(98-76)71-42-48-77(99-71)87-63(36-30-24-18-12-6)56-81(103-87)80-54-61(34-28-22-16-10-4)85(101-80)75-46-40-69(97-75)68-38-44-73(95-68)83-59(32-26-20-14-8-2)51-65(93-83)52-64(57-89)88(90)91/h37-56H,7-36H2,1-6H3,(H,90,91)/b64-52+. The maximum absolute atomic E-state index is 11.9. The molecule has 103 heavy (non-hydrogen) atoms. The van der Waals surface area contributed by atoms with Gasteiger partial charge in [0.25, 0.3) is 0 Å². The molecule has 1 N–H and O–H groups in total. The van der Waals surface area contributed by atoms with Crippen molar-refractivity contribution in [1.29, 1.82) is 5.26 Å². The van der Waals surface area contributed by atoms with E-state index in [1.807, 2.05) is 131 Å². The Labute approximate surface area is 662 Å². The summed E-state index contributed by atoms with van der Waals surface area (Å²) in [6.45, 7) is 13.8. The summed E-state index contributed by atoms with van der Waals surface area (Å²) in [7, 11) is 0. The normalized spacial score (nSPS) is 11.9. The van der Waals surface area contributed by atoms with Gasteiger partial charge in [0, 0.05) is 112 Å². The van der Waals surface area contributed by atoms with Crippen molar-refractivity contribution in [2.24, 2.45) is 0 Å². The van der Waals surface area contributed by atoms with Crippen LogP contribution in [0.15, 0.2) is 120 Å². The van der Waals surface area contributed by atoms with Crippen molar-refractivity contribution in [3.63, 3.8) is 0 Å². The third-order valence-electron chi connectivity index (χ3n) is 19.4. The van der Waals surface area contributed by atoms with Crippen LogP contribution in [-0.4, -0.2) is 11.1 Å². The third-order valence-corrected chi connectivity index (χ3v) is 34.8. The van der Waals surface area contributed by atoms with Crippen molar-refractivity contribution in [1.82, 2.24) is 0 Å². The molecule has 12 aromatic heterocycles. The topological polar surface area (TPSA) is 61.1 Å². The summed E-state index contributed by atoms with van der Waals surface area (Å²) in [4.78, 5) is 43.0. The number of aliphatic carboxylic acids is 1. The van der Waals surface area contributed by atoms with Crippen LogP contribution >= 0.6 is 136 Å². The van der Waals surface area contributed by atoms with Crippen molar-refractivity contribution >= 4 is 148 Å². The number of thiophene rings is 12. The average Bonchev–Trinajstić information content (AvgIpc) is 1.63. The van der Waals surface area contributed by atoms with E-state index in [1.165, 1.54) is 301 Å². The first-order chi connectivity index (χ1) is 50.6. The second kappa shape index (κ2) is 39.3. The molecule has 12 heterocycles. The summed E-state index contributed by atoms with van der Waals surface area (Å²) in [5.74, 6) is -1.19. The number of nitriles is 1. The highest BCUT2D eigenvalue weighted by Crippen LogP contribution is 2.54. The Kier molecular flexibility index (Phi) is 29.6. The molecule has 0 saturated carbocycles. The van der Waals surface area contributed by atoms with Gasteiger partial charge in [-0.15, -0.1) is 136 Å². The van der Waals surface area contributed by atoms with Gasteiger partial charge in [0.05, 0.1) is 0 Å². The van der Waals surface area contributed by atoms with Crippen LogP contribution in [0.5, 0.6) is 0 Å². The Morgan fingerprint density at radius 3 is 0.825 bits per heavy atom. The molecule has 3 nitrogen and oxygen atoms in total. The second-order valence-corrected chi connectivity index (χ2v) is 40.2. The Bertz CT molecular complexity index is 4710. The monoisotopic (exact) mass is 1590 g/mol. The van der Waals surface area contributed by atoms with Gasteiger partial charge in [0.1, 0.15) is 11.6 Å². The summed E-state index contributed by atoms with van der Waals surface area (Å²) in [5.41, 5.74) is 8.56. The third kappa shape index (κ3) is 20.1.